The van der Waals surface area contributed by atoms with Crippen LogP contribution in [0.5, 0.6) is 11.6 Å². The number of carbonyl (C=O) groups is 1. The van der Waals surface area contributed by atoms with Crippen LogP contribution in [0.1, 0.15) is 67.9 Å². The van der Waals surface area contributed by atoms with Gasteiger partial charge in [0.05, 0.1) is 13.2 Å². The maximum atomic E-state index is 13.2. The Kier molecular flexibility index (Phi) is 6.25. The Hall–Kier alpha value is -3.20. The summed E-state index contributed by atoms with van der Waals surface area (Å²) >= 11 is 0. The molecule has 2 N–H and O–H groups in total. The minimum absolute atomic E-state index is 0.0190. The van der Waals surface area contributed by atoms with E-state index < -0.39 is 0 Å². The fraction of sp³-hybridized carbons (Fsp3) is 0.500. The number of aromatic nitrogens is 4. The van der Waals surface area contributed by atoms with Crippen LogP contribution in [-0.2, 0) is 12.0 Å². The van der Waals surface area contributed by atoms with E-state index >= 15 is 0 Å². The molecule has 0 spiro atoms. The minimum Gasteiger partial charge on any atom is -0.491 e. The number of benzene rings is 1. The number of Topliss-reactive ketones (excluding diaryl/α,β-unsaturated/α-hetero) is 1. The number of aliphatic hydroxyl groups excluding tert-OH is 1. The molecule has 4 rings (SSSR count). The molecule has 3 aromatic rings. The first-order valence-electron chi connectivity index (χ1n) is 11.3. The third-order valence-electron chi connectivity index (χ3n) is 5.65. The highest BCUT2D eigenvalue weighted by Gasteiger charge is 2.29. The number of rotatable bonds is 9. The van der Waals surface area contributed by atoms with E-state index in [-0.39, 0.29) is 36.6 Å². The van der Waals surface area contributed by atoms with E-state index in [1.54, 1.807) is 6.07 Å². The minimum atomic E-state index is -0.191. The molecule has 176 valence electrons. The third kappa shape index (κ3) is 4.93. The van der Waals surface area contributed by atoms with Crippen LogP contribution in [0.3, 0.4) is 0 Å². The topological polar surface area (TPSA) is 115 Å². The van der Waals surface area contributed by atoms with E-state index in [0.29, 0.717) is 35.4 Å². The second-order valence-electron chi connectivity index (χ2n) is 9.35. The number of hydrogen-bond acceptors (Lipinski definition) is 7. The number of hydrogen-bond donors (Lipinski definition) is 2. The molecule has 1 aliphatic carbocycles. The van der Waals surface area contributed by atoms with Crippen LogP contribution in [0.15, 0.2) is 24.3 Å². The molecule has 9 heteroatoms. The van der Waals surface area contributed by atoms with E-state index in [4.69, 9.17) is 20.0 Å². The van der Waals surface area contributed by atoms with Crippen molar-refractivity contribution in [1.82, 2.24) is 19.4 Å². The van der Waals surface area contributed by atoms with Gasteiger partial charge in [0.15, 0.2) is 11.4 Å². The first-order chi connectivity index (χ1) is 15.7. The molecule has 1 fully saturated rings. The van der Waals surface area contributed by atoms with Crippen molar-refractivity contribution < 1.29 is 19.4 Å². The SMILES string of the molecule is CCOc1cc(C2CC2)c2nn(CC(=O)c3cc(OCCO)cc(C(C)(C)C)c3)c(=N)n2n1. The van der Waals surface area contributed by atoms with Gasteiger partial charge in [0.1, 0.15) is 18.9 Å². The Labute approximate surface area is 192 Å². The summed E-state index contributed by atoms with van der Waals surface area (Å²) in [7, 11) is 0. The Morgan fingerprint density at radius 2 is 1.94 bits per heavy atom. The zero-order valence-corrected chi connectivity index (χ0v) is 19.6. The van der Waals surface area contributed by atoms with Crippen molar-refractivity contribution in [3.63, 3.8) is 0 Å². The number of ketones is 1. The van der Waals surface area contributed by atoms with Gasteiger partial charge >= 0.3 is 0 Å². The lowest BCUT2D eigenvalue weighted by molar-refractivity contribution is 0.0965. The number of ether oxygens (including phenoxy) is 2. The highest BCUT2D eigenvalue weighted by Crippen LogP contribution is 2.42. The molecule has 0 amide bonds. The van der Waals surface area contributed by atoms with Gasteiger partial charge in [-0.1, -0.05) is 20.8 Å². The van der Waals surface area contributed by atoms with E-state index in [2.05, 4.69) is 31.0 Å². The highest BCUT2D eigenvalue weighted by molar-refractivity contribution is 5.96. The van der Waals surface area contributed by atoms with Crippen LogP contribution in [-0.4, -0.2) is 50.1 Å². The van der Waals surface area contributed by atoms with Crippen LogP contribution in [0, 0.1) is 5.41 Å². The molecule has 0 unspecified atom stereocenters. The Balaban J connectivity index is 1.70. The van der Waals surface area contributed by atoms with Gasteiger partial charge in [0, 0.05) is 17.2 Å². The molecule has 1 saturated carbocycles. The predicted octanol–water partition coefficient (Wildman–Crippen LogP) is 2.84. The van der Waals surface area contributed by atoms with E-state index in [1.165, 1.54) is 9.20 Å². The number of carbonyl (C=O) groups excluding carboxylic acids is 1. The molecule has 2 heterocycles. The van der Waals surface area contributed by atoms with Crippen LogP contribution >= 0.6 is 0 Å². The van der Waals surface area contributed by atoms with E-state index in [9.17, 15) is 4.79 Å². The standard InChI is InChI=1S/C24H31N5O4/c1-5-32-21-13-19(15-6-7-15)22-27-28(23(25)29(22)26-21)14-20(31)16-10-17(24(2,3)4)12-18(11-16)33-9-8-30/h10-13,15,25,30H,5-9,14H2,1-4H3. The van der Waals surface area contributed by atoms with Gasteiger partial charge in [-0.3, -0.25) is 10.2 Å². The van der Waals surface area contributed by atoms with Gasteiger partial charge in [0.25, 0.3) is 0 Å². The predicted molar refractivity (Wildman–Crippen MR) is 122 cm³/mol. The van der Waals surface area contributed by atoms with Crippen molar-refractivity contribution in [1.29, 1.82) is 5.41 Å². The molecule has 33 heavy (non-hydrogen) atoms. The lowest BCUT2D eigenvalue weighted by Crippen LogP contribution is -2.26. The number of aliphatic hydroxyl groups is 1. The van der Waals surface area contributed by atoms with Gasteiger partial charge in [-0.2, -0.15) is 4.52 Å². The maximum Gasteiger partial charge on any atom is 0.242 e. The number of fused-ring (bicyclic) bond motifs is 1. The summed E-state index contributed by atoms with van der Waals surface area (Å²) in [5, 5.41) is 26.7. The highest BCUT2D eigenvalue weighted by atomic mass is 16.5. The average molecular weight is 454 g/mol. The molecule has 1 aromatic carbocycles. The fourth-order valence-electron chi connectivity index (χ4n) is 3.70. The Morgan fingerprint density at radius 3 is 2.58 bits per heavy atom. The fourth-order valence-corrected chi connectivity index (χ4v) is 3.70. The quantitative estimate of drug-likeness (QED) is 0.482. The van der Waals surface area contributed by atoms with Crippen molar-refractivity contribution in [2.24, 2.45) is 0 Å². The van der Waals surface area contributed by atoms with Crippen LogP contribution in [0.4, 0.5) is 0 Å². The summed E-state index contributed by atoms with van der Waals surface area (Å²) in [6.45, 7) is 8.50. The van der Waals surface area contributed by atoms with E-state index in [1.807, 2.05) is 25.1 Å². The molecular weight excluding hydrogens is 422 g/mol. The molecule has 9 nitrogen and oxygen atoms in total. The lowest BCUT2D eigenvalue weighted by atomic mass is 9.85. The summed E-state index contributed by atoms with van der Waals surface area (Å²) in [4.78, 5) is 13.2. The zero-order chi connectivity index (χ0) is 23.8. The largest absolute Gasteiger partial charge is 0.491 e. The molecule has 0 bridgehead atoms. The first-order valence-corrected chi connectivity index (χ1v) is 11.3. The first kappa shape index (κ1) is 23.0. The van der Waals surface area contributed by atoms with Gasteiger partial charge in [-0.25, -0.2) is 4.68 Å². The van der Waals surface area contributed by atoms with Crippen molar-refractivity contribution in [2.75, 3.05) is 19.8 Å². The zero-order valence-electron chi connectivity index (χ0n) is 19.6. The normalized spacial score (nSPS) is 14.0. The van der Waals surface area contributed by atoms with Gasteiger partial charge in [-0.05, 0) is 54.9 Å². The monoisotopic (exact) mass is 453 g/mol. The summed E-state index contributed by atoms with van der Waals surface area (Å²) in [5.74, 6) is 1.19. The molecular formula is C24H31N5O4. The molecule has 0 atom stereocenters. The second-order valence-corrected chi connectivity index (χ2v) is 9.35. The molecule has 2 aromatic heterocycles. The lowest BCUT2D eigenvalue weighted by Gasteiger charge is -2.21. The Bertz CT molecular complexity index is 1230. The van der Waals surface area contributed by atoms with Gasteiger partial charge in [0.2, 0.25) is 11.5 Å². The van der Waals surface area contributed by atoms with Crippen LogP contribution in [0.2, 0.25) is 0 Å². The van der Waals surface area contributed by atoms with Crippen LogP contribution in [0.25, 0.3) is 5.65 Å². The maximum absolute atomic E-state index is 13.2. The summed E-state index contributed by atoms with van der Waals surface area (Å²) < 4.78 is 14.0. The number of nitrogens with one attached hydrogen (secondary N) is 1. The molecule has 0 radical (unpaired) electrons. The number of nitrogens with zero attached hydrogens (tertiary/aromatic N) is 4. The Morgan fingerprint density at radius 1 is 1.18 bits per heavy atom. The average Bonchev–Trinajstić information content (AvgIpc) is 3.57. The van der Waals surface area contributed by atoms with Crippen molar-refractivity contribution in [2.45, 2.75) is 58.4 Å². The molecule has 0 saturated heterocycles. The van der Waals surface area contributed by atoms with Gasteiger partial charge in [-0.15, -0.1) is 10.2 Å². The third-order valence-corrected chi connectivity index (χ3v) is 5.65. The summed E-state index contributed by atoms with van der Waals surface area (Å²) in [5.41, 5.74) is 2.85. The van der Waals surface area contributed by atoms with Crippen LogP contribution < -0.4 is 15.1 Å². The van der Waals surface area contributed by atoms with Gasteiger partial charge < -0.3 is 14.6 Å². The molecule has 0 aliphatic heterocycles. The molecule has 1 aliphatic rings. The van der Waals surface area contributed by atoms with Crippen molar-refractivity contribution in [3.05, 3.63) is 46.6 Å². The summed E-state index contributed by atoms with van der Waals surface area (Å²) in [6.07, 6.45) is 2.14. The summed E-state index contributed by atoms with van der Waals surface area (Å²) in [6, 6.07) is 7.32. The second kappa shape index (κ2) is 8.97. The smallest absolute Gasteiger partial charge is 0.242 e. The van der Waals surface area contributed by atoms with Crippen molar-refractivity contribution in [3.8, 4) is 11.6 Å². The van der Waals surface area contributed by atoms with E-state index in [0.717, 1.165) is 24.0 Å². The van der Waals surface area contributed by atoms with Crippen molar-refractivity contribution >= 4 is 11.4 Å².